The molecule has 1 fully saturated rings. The van der Waals surface area contributed by atoms with Gasteiger partial charge in [0.05, 0.1) is 0 Å². The van der Waals surface area contributed by atoms with Gasteiger partial charge < -0.3 is 15.0 Å². The number of hydrogen-bond acceptors (Lipinski definition) is 3. The number of aromatic amines is 1. The van der Waals surface area contributed by atoms with Crippen LogP contribution in [0.2, 0.25) is 0 Å². The van der Waals surface area contributed by atoms with E-state index in [0.717, 1.165) is 26.6 Å². The van der Waals surface area contributed by atoms with Crippen molar-refractivity contribution in [3.05, 3.63) is 64.5 Å². The van der Waals surface area contributed by atoms with E-state index in [-0.39, 0.29) is 5.82 Å². The van der Waals surface area contributed by atoms with Crippen molar-refractivity contribution in [3.8, 4) is 0 Å². The Balaban J connectivity index is 1.56. The normalized spacial score (nSPS) is 16.6. The molecule has 0 aliphatic carbocycles. The van der Waals surface area contributed by atoms with Crippen molar-refractivity contribution in [2.75, 3.05) is 31.1 Å². The lowest BCUT2D eigenvalue weighted by molar-refractivity contribution is -0.143. The topological polar surface area (TPSA) is 59.6 Å². The molecule has 1 aromatic heterocycles. The van der Waals surface area contributed by atoms with E-state index in [1.165, 1.54) is 12.1 Å². The minimum absolute atomic E-state index is 0.256. The molecule has 2 aromatic carbocycles. The fourth-order valence-electron chi connectivity index (χ4n) is 3.72. The van der Waals surface area contributed by atoms with E-state index in [4.69, 9.17) is 0 Å². The average Bonchev–Trinajstić information content (AvgIpc) is 3.06. The number of anilines is 1. The number of nitrogens with one attached hydrogen (secondary N) is 1. The van der Waals surface area contributed by atoms with Crippen molar-refractivity contribution in [1.82, 2.24) is 9.88 Å². The van der Waals surface area contributed by atoms with Gasteiger partial charge in [0, 0.05) is 59.0 Å². The van der Waals surface area contributed by atoms with E-state index < -0.39 is 12.0 Å². The fraction of sp³-hybridized carbons (Fsp3) is 0.250. The Morgan fingerprint density at radius 3 is 2.48 bits per heavy atom. The van der Waals surface area contributed by atoms with Gasteiger partial charge in [0.1, 0.15) is 11.9 Å². The molecule has 27 heavy (non-hydrogen) atoms. The SMILES string of the molecule is O=C(O)[C@@H](c1c[nH]c2ccc(Br)cc12)N1CCN(c2ccc(F)cc2)CC1. The number of carboxylic acids is 1. The van der Waals surface area contributed by atoms with Crippen LogP contribution in [0.1, 0.15) is 11.6 Å². The van der Waals surface area contributed by atoms with Crippen molar-refractivity contribution in [2.24, 2.45) is 0 Å². The summed E-state index contributed by atoms with van der Waals surface area (Å²) in [5, 5.41) is 10.8. The van der Waals surface area contributed by atoms with Crippen LogP contribution in [0.5, 0.6) is 0 Å². The second-order valence-corrected chi connectivity index (χ2v) is 7.59. The third kappa shape index (κ3) is 3.57. The van der Waals surface area contributed by atoms with Crippen molar-refractivity contribution < 1.29 is 14.3 Å². The number of benzene rings is 2. The van der Waals surface area contributed by atoms with Gasteiger partial charge in [-0.05, 0) is 42.5 Å². The van der Waals surface area contributed by atoms with E-state index in [0.29, 0.717) is 26.2 Å². The lowest BCUT2D eigenvalue weighted by Gasteiger charge is -2.38. The van der Waals surface area contributed by atoms with Gasteiger partial charge in [-0.15, -0.1) is 0 Å². The first kappa shape index (κ1) is 18.0. The third-order valence-electron chi connectivity index (χ3n) is 5.08. The molecule has 2 N–H and O–H groups in total. The van der Waals surface area contributed by atoms with E-state index in [2.05, 4.69) is 25.8 Å². The molecule has 140 valence electrons. The van der Waals surface area contributed by atoms with Gasteiger partial charge in [0.25, 0.3) is 0 Å². The number of carboxylic acid groups (broad SMARTS) is 1. The highest BCUT2D eigenvalue weighted by Gasteiger charge is 2.32. The van der Waals surface area contributed by atoms with Crippen molar-refractivity contribution in [2.45, 2.75) is 6.04 Å². The summed E-state index contributed by atoms with van der Waals surface area (Å²) in [5.74, 6) is -1.11. The summed E-state index contributed by atoms with van der Waals surface area (Å²) in [5.41, 5.74) is 2.65. The molecule has 1 aliphatic rings. The summed E-state index contributed by atoms with van der Waals surface area (Å²) in [4.78, 5) is 19.4. The molecular formula is C20H19BrFN3O2. The summed E-state index contributed by atoms with van der Waals surface area (Å²) in [6.45, 7) is 2.63. The zero-order valence-electron chi connectivity index (χ0n) is 14.5. The van der Waals surface area contributed by atoms with Crippen LogP contribution in [-0.4, -0.2) is 47.1 Å². The van der Waals surface area contributed by atoms with E-state index >= 15 is 0 Å². The minimum Gasteiger partial charge on any atom is -0.480 e. The number of H-pyrrole nitrogens is 1. The maximum Gasteiger partial charge on any atom is 0.325 e. The molecule has 1 saturated heterocycles. The van der Waals surface area contributed by atoms with E-state index in [1.54, 1.807) is 18.3 Å². The number of halogens is 2. The molecule has 4 rings (SSSR count). The Bertz CT molecular complexity index is 965. The molecule has 0 amide bonds. The molecule has 0 saturated carbocycles. The van der Waals surface area contributed by atoms with Crippen molar-refractivity contribution in [1.29, 1.82) is 0 Å². The fourth-order valence-corrected chi connectivity index (χ4v) is 4.08. The van der Waals surface area contributed by atoms with Gasteiger partial charge in [-0.1, -0.05) is 15.9 Å². The predicted octanol–water partition coefficient (Wildman–Crippen LogP) is 4.02. The van der Waals surface area contributed by atoms with Crippen LogP contribution in [0.3, 0.4) is 0 Å². The second-order valence-electron chi connectivity index (χ2n) is 6.67. The molecular weight excluding hydrogens is 413 g/mol. The van der Waals surface area contributed by atoms with Gasteiger partial charge in [0.2, 0.25) is 0 Å². The van der Waals surface area contributed by atoms with Gasteiger partial charge in [-0.3, -0.25) is 9.69 Å². The van der Waals surface area contributed by atoms with Crippen LogP contribution in [0, 0.1) is 5.82 Å². The zero-order valence-corrected chi connectivity index (χ0v) is 16.1. The number of carbonyl (C=O) groups is 1. The highest BCUT2D eigenvalue weighted by atomic mass is 79.9. The zero-order chi connectivity index (χ0) is 19.0. The summed E-state index contributed by atoms with van der Waals surface area (Å²) in [6.07, 6.45) is 1.79. The standard InChI is InChI=1S/C20H19BrFN3O2/c21-13-1-6-18-16(11-13)17(12-23-18)19(20(26)27)25-9-7-24(8-10-25)15-4-2-14(22)3-5-15/h1-6,11-12,19,23H,7-10H2,(H,26,27)/t19-/m1/s1. The molecule has 1 atom stereocenters. The largest absolute Gasteiger partial charge is 0.480 e. The molecule has 1 aliphatic heterocycles. The second kappa shape index (κ2) is 7.32. The molecule has 2 heterocycles. The number of aliphatic carboxylic acids is 1. The van der Waals surface area contributed by atoms with E-state index in [1.807, 2.05) is 23.1 Å². The van der Waals surface area contributed by atoms with Crippen LogP contribution >= 0.6 is 15.9 Å². The Kier molecular flexibility index (Phi) is 4.88. The minimum atomic E-state index is -0.855. The number of piperazine rings is 1. The molecule has 0 bridgehead atoms. The summed E-state index contributed by atoms with van der Waals surface area (Å²) >= 11 is 3.46. The average molecular weight is 432 g/mol. The van der Waals surface area contributed by atoms with Crippen molar-refractivity contribution in [3.63, 3.8) is 0 Å². The number of rotatable bonds is 4. The molecule has 5 nitrogen and oxygen atoms in total. The first-order valence-electron chi connectivity index (χ1n) is 8.77. The number of hydrogen-bond donors (Lipinski definition) is 2. The van der Waals surface area contributed by atoms with Gasteiger partial charge in [-0.25, -0.2) is 4.39 Å². The van der Waals surface area contributed by atoms with Gasteiger partial charge >= 0.3 is 5.97 Å². The molecule has 0 unspecified atom stereocenters. The monoisotopic (exact) mass is 431 g/mol. The lowest BCUT2D eigenvalue weighted by Crippen LogP contribution is -2.49. The predicted molar refractivity (Wildman–Crippen MR) is 107 cm³/mol. The Labute approximate surface area is 164 Å². The summed E-state index contributed by atoms with van der Waals surface area (Å²) in [7, 11) is 0. The maximum absolute atomic E-state index is 13.1. The molecule has 0 radical (unpaired) electrons. The van der Waals surface area contributed by atoms with Crippen LogP contribution in [0.15, 0.2) is 53.1 Å². The van der Waals surface area contributed by atoms with Crippen molar-refractivity contribution >= 4 is 38.5 Å². The Hall–Kier alpha value is -2.38. The molecule has 7 heteroatoms. The van der Waals surface area contributed by atoms with E-state index in [9.17, 15) is 14.3 Å². The quantitative estimate of drug-likeness (QED) is 0.654. The highest BCUT2D eigenvalue weighted by Crippen LogP contribution is 2.31. The number of aromatic nitrogens is 1. The summed E-state index contributed by atoms with van der Waals surface area (Å²) in [6, 6.07) is 11.5. The Morgan fingerprint density at radius 1 is 1.11 bits per heavy atom. The Morgan fingerprint density at radius 2 is 1.81 bits per heavy atom. The number of fused-ring (bicyclic) bond motifs is 1. The van der Waals surface area contributed by atoms with Gasteiger partial charge in [-0.2, -0.15) is 0 Å². The number of nitrogens with zero attached hydrogens (tertiary/aromatic N) is 2. The lowest BCUT2D eigenvalue weighted by atomic mass is 10.0. The molecule has 3 aromatic rings. The first-order chi connectivity index (χ1) is 13.0. The van der Waals surface area contributed by atoms with Crippen LogP contribution in [0.4, 0.5) is 10.1 Å². The van der Waals surface area contributed by atoms with Gasteiger partial charge in [0.15, 0.2) is 0 Å². The first-order valence-corrected chi connectivity index (χ1v) is 9.56. The smallest absolute Gasteiger partial charge is 0.325 e. The van der Waals surface area contributed by atoms with Crippen LogP contribution in [-0.2, 0) is 4.79 Å². The maximum atomic E-state index is 13.1. The highest BCUT2D eigenvalue weighted by molar-refractivity contribution is 9.10. The summed E-state index contributed by atoms with van der Waals surface area (Å²) < 4.78 is 14.0. The molecule has 0 spiro atoms. The van der Waals surface area contributed by atoms with Crippen LogP contribution in [0.25, 0.3) is 10.9 Å². The third-order valence-corrected chi connectivity index (χ3v) is 5.57. The van der Waals surface area contributed by atoms with Crippen LogP contribution < -0.4 is 4.90 Å².